The molecule has 0 saturated carbocycles. The van der Waals surface area contributed by atoms with Crippen molar-refractivity contribution in [2.24, 2.45) is 7.05 Å². The van der Waals surface area contributed by atoms with Gasteiger partial charge in [-0.1, -0.05) is 24.3 Å². The molecule has 0 bridgehead atoms. The predicted molar refractivity (Wildman–Crippen MR) is 293 cm³/mol. The summed E-state index contributed by atoms with van der Waals surface area (Å²) in [5.41, 5.74) is 17.1. The van der Waals surface area contributed by atoms with Crippen LogP contribution in [-0.4, -0.2) is 68.6 Å². The first-order valence-electron chi connectivity index (χ1n) is 25.2. The van der Waals surface area contributed by atoms with E-state index >= 15 is 8.78 Å². The number of carbonyl (C=O) groups excluding carboxylic acids is 1. The molecular weight excluding hydrogens is 991 g/mol. The number of pyridine rings is 3. The van der Waals surface area contributed by atoms with Gasteiger partial charge in [0.15, 0.2) is 11.5 Å². The standard InChI is InChI=1S/C59H44F2N14O3/c1-74-47-23-46(60)41(35-18-32(24-62-25-35)29-75-15-5-6-16-75)21-44(47)54(73-74)58-69-52-39(10-7-13-64-56(52)71-58)37-20-48(78-31-37)49-50(61)42(36-19-38(27-63-26-36)67-59(76)33-8-3-2-4-9-33)22-43-45(28-66-72-51(43)49)55-68-53-40(34-12-17-77-30-34)11-14-65-57(53)70-55/h2-4,7-14,17-28,30-31,64,66,72H,5-6,15-16,29H2,1H3,(H,67,76)(H,69,71)(H,65,68,70). The summed E-state index contributed by atoms with van der Waals surface area (Å²) in [5.74, 6) is 0.307. The Morgan fingerprint density at radius 3 is 2.51 bits per heavy atom. The number of hydrogen-bond acceptors (Lipinski definition) is 13. The number of rotatable bonds is 11. The summed E-state index contributed by atoms with van der Waals surface area (Å²) in [6, 6.07) is 23.0. The molecule has 0 aliphatic carbocycles. The quantitative estimate of drug-likeness (QED) is 0.0713. The molecule has 1 fully saturated rings. The minimum absolute atomic E-state index is 0.101. The number of fused-ring (bicyclic) bond motifs is 4. The van der Waals surface area contributed by atoms with Gasteiger partial charge in [0.2, 0.25) is 0 Å². The highest BCUT2D eigenvalue weighted by atomic mass is 19.1. The number of anilines is 3. The number of allylic oxidation sites excluding steroid dienone is 2. The highest BCUT2D eigenvalue weighted by Gasteiger charge is 2.30. The Kier molecular flexibility index (Phi) is 11.2. The van der Waals surface area contributed by atoms with Crippen LogP contribution in [0.25, 0.3) is 89.4 Å². The molecule has 0 atom stereocenters. The van der Waals surface area contributed by atoms with Crippen LogP contribution in [0, 0.1) is 11.6 Å². The summed E-state index contributed by atoms with van der Waals surface area (Å²) in [6.07, 6.45) is 22.7. The number of nitrogens with zero attached hydrogens (tertiary/aromatic N) is 8. The minimum atomic E-state index is -0.627. The van der Waals surface area contributed by atoms with Crippen LogP contribution in [0.1, 0.15) is 51.4 Å². The van der Waals surface area contributed by atoms with Crippen molar-refractivity contribution in [3.63, 3.8) is 0 Å². The monoisotopic (exact) mass is 1030 g/mol. The van der Waals surface area contributed by atoms with E-state index in [9.17, 15) is 4.79 Å². The zero-order chi connectivity index (χ0) is 52.4. The SMILES string of the molecule is Cn1nc(-c2nc3c([nH]2)NC=CC=C3c2coc(-c3c(F)c(-c4cncc(NC(=O)c5ccccc5)c4)cc4c3NNC=C4c3nc4c(-c5ccoc5)ccnc4[nH]3)c2)c2cc(-c3cncc(CN4CCCC4)c3)c(F)cc21. The number of nitrogens with one attached hydrogen (secondary N) is 6. The molecule has 14 rings (SSSR count). The number of H-pyrrole nitrogens is 2. The Labute approximate surface area is 442 Å². The number of benzene rings is 3. The van der Waals surface area contributed by atoms with Gasteiger partial charge in [-0.05, 0) is 92.2 Å². The van der Waals surface area contributed by atoms with Crippen molar-refractivity contribution in [1.29, 1.82) is 0 Å². The molecule has 3 aromatic carbocycles. The summed E-state index contributed by atoms with van der Waals surface area (Å²) in [6.45, 7) is 2.83. The molecule has 1 saturated heterocycles. The van der Waals surface area contributed by atoms with Crippen LogP contribution < -0.4 is 21.5 Å². The highest BCUT2D eigenvalue weighted by molar-refractivity contribution is 6.05. The lowest BCUT2D eigenvalue weighted by atomic mass is 9.91. The molecule has 1 amide bonds. The summed E-state index contributed by atoms with van der Waals surface area (Å²) >= 11 is 0. The second-order valence-corrected chi connectivity index (χ2v) is 19.3. The van der Waals surface area contributed by atoms with Gasteiger partial charge in [0.05, 0.1) is 47.4 Å². The van der Waals surface area contributed by atoms with E-state index in [4.69, 9.17) is 23.9 Å². The average Bonchev–Trinajstić information content (AvgIpc) is 4.46. The van der Waals surface area contributed by atoms with Crippen LogP contribution in [0.15, 0.2) is 162 Å². The van der Waals surface area contributed by atoms with Gasteiger partial charge in [-0.2, -0.15) is 5.10 Å². The van der Waals surface area contributed by atoms with Crippen molar-refractivity contribution >= 4 is 56.3 Å². The second-order valence-electron chi connectivity index (χ2n) is 19.3. The number of hydrazine groups is 1. The van der Waals surface area contributed by atoms with E-state index < -0.39 is 5.82 Å². The summed E-state index contributed by atoms with van der Waals surface area (Å²) < 4.78 is 47.5. The van der Waals surface area contributed by atoms with Gasteiger partial charge < -0.3 is 34.9 Å². The summed E-state index contributed by atoms with van der Waals surface area (Å²) in [5, 5.41) is 11.8. The minimum Gasteiger partial charge on any atom is -0.472 e. The number of carbonyl (C=O) groups is 1. The van der Waals surface area contributed by atoms with E-state index in [1.165, 1.54) is 25.1 Å². The molecule has 19 heteroatoms. The van der Waals surface area contributed by atoms with Crippen molar-refractivity contribution in [2.75, 3.05) is 29.1 Å². The number of aromatic amines is 2. The molecule has 8 aromatic heterocycles. The third-order valence-corrected chi connectivity index (χ3v) is 14.4. The maximum Gasteiger partial charge on any atom is 0.255 e. The third-order valence-electron chi connectivity index (χ3n) is 14.4. The molecule has 11 heterocycles. The zero-order valence-electron chi connectivity index (χ0n) is 41.5. The first-order chi connectivity index (χ1) is 38.3. The number of furan rings is 2. The van der Waals surface area contributed by atoms with Gasteiger partial charge >= 0.3 is 0 Å². The van der Waals surface area contributed by atoms with Crippen LogP contribution in [-0.2, 0) is 13.6 Å². The molecular formula is C59H44F2N14O3. The number of aromatic nitrogens is 9. The van der Waals surface area contributed by atoms with Crippen molar-refractivity contribution < 1.29 is 22.4 Å². The van der Waals surface area contributed by atoms with Gasteiger partial charge in [0.1, 0.15) is 45.9 Å². The Balaban J connectivity index is 0.853. The average molecular weight is 1040 g/mol. The predicted octanol–water partition coefficient (Wildman–Crippen LogP) is 11.7. The molecule has 3 aliphatic rings. The molecule has 3 aliphatic heterocycles. The lowest BCUT2D eigenvalue weighted by molar-refractivity contribution is 0.102. The van der Waals surface area contributed by atoms with Gasteiger partial charge in [-0.3, -0.25) is 29.8 Å². The Morgan fingerprint density at radius 1 is 0.795 bits per heavy atom. The van der Waals surface area contributed by atoms with Gasteiger partial charge in [0.25, 0.3) is 5.91 Å². The zero-order valence-corrected chi connectivity index (χ0v) is 41.5. The Morgan fingerprint density at radius 2 is 1.65 bits per heavy atom. The second kappa shape index (κ2) is 18.8. The maximum absolute atomic E-state index is 17.9. The van der Waals surface area contributed by atoms with E-state index in [2.05, 4.69) is 51.3 Å². The normalized spacial score (nSPS) is 14.1. The van der Waals surface area contributed by atoms with Gasteiger partial charge in [0, 0.05) is 123 Å². The molecule has 382 valence electrons. The summed E-state index contributed by atoms with van der Waals surface area (Å²) in [4.78, 5) is 46.2. The highest BCUT2D eigenvalue weighted by Crippen LogP contribution is 2.46. The topological polar surface area (TPSA) is 209 Å². The maximum atomic E-state index is 17.9. The number of amides is 1. The molecule has 0 spiro atoms. The Bertz CT molecular complexity index is 4280. The van der Waals surface area contributed by atoms with Crippen molar-refractivity contribution in [3.8, 4) is 56.2 Å². The van der Waals surface area contributed by atoms with Crippen LogP contribution in [0.2, 0.25) is 0 Å². The molecule has 6 N–H and O–H groups in total. The molecule has 78 heavy (non-hydrogen) atoms. The van der Waals surface area contributed by atoms with Crippen LogP contribution >= 0.6 is 0 Å². The van der Waals surface area contributed by atoms with E-state index in [0.717, 1.165) is 36.3 Å². The van der Waals surface area contributed by atoms with Gasteiger partial charge in [-0.25, -0.2) is 23.7 Å². The number of likely N-dealkylation sites (tertiary alicyclic amines) is 1. The van der Waals surface area contributed by atoms with E-state index in [1.54, 1.807) is 104 Å². The number of hydrogen-bond donors (Lipinski definition) is 6. The van der Waals surface area contributed by atoms with E-state index in [-0.39, 0.29) is 28.6 Å². The number of imidazole rings is 2. The molecule has 11 aromatic rings. The van der Waals surface area contributed by atoms with Crippen molar-refractivity contribution in [2.45, 2.75) is 19.4 Å². The van der Waals surface area contributed by atoms with Crippen LogP contribution in [0.4, 0.5) is 26.0 Å². The lowest BCUT2D eigenvalue weighted by Crippen LogP contribution is -2.22. The van der Waals surface area contributed by atoms with E-state index in [1.807, 2.05) is 48.7 Å². The van der Waals surface area contributed by atoms with Crippen LogP contribution in [0.3, 0.4) is 0 Å². The van der Waals surface area contributed by atoms with Crippen molar-refractivity contribution in [1.82, 2.24) is 55.0 Å². The van der Waals surface area contributed by atoms with Crippen molar-refractivity contribution in [3.05, 3.63) is 199 Å². The fourth-order valence-corrected chi connectivity index (χ4v) is 10.6. The third kappa shape index (κ3) is 8.16. The number of aryl methyl sites for hydroxylation is 1. The first-order valence-corrected chi connectivity index (χ1v) is 25.2. The smallest absolute Gasteiger partial charge is 0.255 e. The van der Waals surface area contributed by atoms with Gasteiger partial charge in [-0.15, -0.1) is 0 Å². The number of halogens is 2. The van der Waals surface area contributed by atoms with Crippen LogP contribution in [0.5, 0.6) is 0 Å². The molecule has 0 radical (unpaired) electrons. The first kappa shape index (κ1) is 46.3. The summed E-state index contributed by atoms with van der Waals surface area (Å²) in [7, 11) is 1.77. The fraction of sp³-hybridized carbons (Fsp3) is 0.102. The largest absolute Gasteiger partial charge is 0.472 e. The van der Waals surface area contributed by atoms with E-state index in [0.29, 0.717) is 107 Å². The lowest BCUT2D eigenvalue weighted by Gasteiger charge is -2.24. The fourth-order valence-electron chi connectivity index (χ4n) is 10.6. The molecule has 0 unspecified atom stereocenters. The Hall–Kier alpha value is -10.3. The molecule has 17 nitrogen and oxygen atoms in total.